The number of piperidine rings is 1. The van der Waals surface area contributed by atoms with Crippen LogP contribution in [0.15, 0.2) is 24.5 Å². The molecule has 1 atom stereocenters. The highest BCUT2D eigenvalue weighted by molar-refractivity contribution is 5.76. The maximum Gasteiger partial charge on any atom is 0.220 e. The number of carbonyl (C=O) groups is 1. The van der Waals surface area contributed by atoms with Crippen molar-refractivity contribution in [2.24, 2.45) is 0 Å². The molecule has 21 heavy (non-hydrogen) atoms. The molecular weight excluding hydrogens is 266 g/mol. The van der Waals surface area contributed by atoms with E-state index in [4.69, 9.17) is 0 Å². The molecule has 5 heteroatoms. The van der Waals surface area contributed by atoms with Crippen molar-refractivity contribution in [3.05, 3.63) is 30.1 Å². The fourth-order valence-corrected chi connectivity index (χ4v) is 2.80. The van der Waals surface area contributed by atoms with Gasteiger partial charge in [-0.15, -0.1) is 0 Å². The lowest BCUT2D eigenvalue weighted by molar-refractivity contribution is -0.121. The zero-order valence-electron chi connectivity index (χ0n) is 12.5. The van der Waals surface area contributed by atoms with Crippen molar-refractivity contribution in [1.29, 1.82) is 0 Å². The highest BCUT2D eigenvalue weighted by Gasteiger charge is 2.20. The van der Waals surface area contributed by atoms with Gasteiger partial charge in [-0.1, -0.05) is 6.42 Å². The molecule has 1 amide bonds. The van der Waals surface area contributed by atoms with Crippen molar-refractivity contribution in [1.82, 2.24) is 15.2 Å². The molecule has 0 unspecified atom stereocenters. The molecule has 1 aliphatic heterocycles. The number of aliphatic hydroxyl groups excluding tert-OH is 1. The minimum absolute atomic E-state index is 0.0874. The Bertz CT molecular complexity index is 425. The Balaban J connectivity index is 1.62. The van der Waals surface area contributed by atoms with Crippen LogP contribution in [0.25, 0.3) is 0 Å². The SMILES string of the molecule is O=C(CCc1ccncc1)NCCN1CCCC[C@@H]1CO. The molecule has 0 radical (unpaired) electrons. The molecule has 5 nitrogen and oxygen atoms in total. The summed E-state index contributed by atoms with van der Waals surface area (Å²) < 4.78 is 0. The summed E-state index contributed by atoms with van der Waals surface area (Å²) in [7, 11) is 0. The number of carbonyl (C=O) groups excluding carboxylic acids is 1. The Labute approximate surface area is 126 Å². The van der Waals surface area contributed by atoms with E-state index in [-0.39, 0.29) is 18.6 Å². The fraction of sp³-hybridized carbons (Fsp3) is 0.625. The first-order chi connectivity index (χ1) is 10.3. The summed E-state index contributed by atoms with van der Waals surface area (Å²) in [5.74, 6) is 0.0874. The lowest BCUT2D eigenvalue weighted by Gasteiger charge is -2.34. The van der Waals surface area contributed by atoms with E-state index in [1.165, 1.54) is 12.8 Å². The quantitative estimate of drug-likeness (QED) is 0.786. The van der Waals surface area contributed by atoms with Crippen LogP contribution in [0.5, 0.6) is 0 Å². The normalized spacial score (nSPS) is 19.4. The maximum atomic E-state index is 11.8. The summed E-state index contributed by atoms with van der Waals surface area (Å²) in [6.07, 6.45) is 8.20. The summed E-state index contributed by atoms with van der Waals surface area (Å²) >= 11 is 0. The number of aromatic nitrogens is 1. The van der Waals surface area contributed by atoms with Gasteiger partial charge in [0.15, 0.2) is 0 Å². The van der Waals surface area contributed by atoms with E-state index in [9.17, 15) is 9.90 Å². The van der Waals surface area contributed by atoms with E-state index < -0.39 is 0 Å². The number of amides is 1. The summed E-state index contributed by atoms with van der Waals surface area (Å²) in [6, 6.07) is 4.15. The average molecular weight is 291 g/mol. The van der Waals surface area contributed by atoms with E-state index in [0.29, 0.717) is 13.0 Å². The second-order valence-corrected chi connectivity index (χ2v) is 5.57. The molecule has 1 aliphatic rings. The van der Waals surface area contributed by atoms with Crippen LogP contribution in [-0.4, -0.2) is 53.2 Å². The lowest BCUT2D eigenvalue weighted by Crippen LogP contribution is -2.45. The number of pyridine rings is 1. The van der Waals surface area contributed by atoms with E-state index in [1.54, 1.807) is 12.4 Å². The molecular formula is C16H25N3O2. The van der Waals surface area contributed by atoms with Crippen molar-refractivity contribution >= 4 is 5.91 Å². The number of hydrogen-bond donors (Lipinski definition) is 2. The van der Waals surface area contributed by atoms with E-state index in [1.807, 2.05) is 12.1 Å². The first kappa shape index (κ1) is 15.9. The van der Waals surface area contributed by atoms with Gasteiger partial charge in [0.1, 0.15) is 0 Å². The summed E-state index contributed by atoms with van der Waals surface area (Å²) in [5.41, 5.74) is 1.14. The number of likely N-dealkylation sites (tertiary alicyclic amines) is 1. The largest absolute Gasteiger partial charge is 0.395 e. The number of aryl methyl sites for hydroxylation is 1. The monoisotopic (exact) mass is 291 g/mol. The summed E-state index contributed by atoms with van der Waals surface area (Å²) in [5, 5.41) is 12.3. The van der Waals surface area contributed by atoms with Crippen LogP contribution in [-0.2, 0) is 11.2 Å². The number of aliphatic hydroxyl groups is 1. The molecule has 0 aliphatic carbocycles. The average Bonchev–Trinajstić information content (AvgIpc) is 2.54. The van der Waals surface area contributed by atoms with Crippen LogP contribution >= 0.6 is 0 Å². The van der Waals surface area contributed by atoms with E-state index in [2.05, 4.69) is 15.2 Å². The molecule has 1 saturated heterocycles. The Morgan fingerprint density at radius 1 is 1.38 bits per heavy atom. The van der Waals surface area contributed by atoms with E-state index >= 15 is 0 Å². The van der Waals surface area contributed by atoms with Gasteiger partial charge in [-0.2, -0.15) is 0 Å². The predicted octanol–water partition coefficient (Wildman–Crippen LogP) is 0.977. The number of nitrogens with zero attached hydrogens (tertiary/aromatic N) is 2. The van der Waals surface area contributed by atoms with Gasteiger partial charge in [0, 0.05) is 37.9 Å². The molecule has 116 valence electrons. The third kappa shape index (κ3) is 5.44. The standard InChI is InChI=1S/C16H25N3O2/c20-13-15-3-1-2-11-19(15)12-10-18-16(21)5-4-14-6-8-17-9-7-14/h6-9,15,20H,1-5,10-13H2,(H,18,21)/t15-/m1/s1. The van der Waals surface area contributed by atoms with E-state index in [0.717, 1.165) is 31.5 Å². The first-order valence-corrected chi connectivity index (χ1v) is 7.80. The molecule has 2 N–H and O–H groups in total. The zero-order valence-corrected chi connectivity index (χ0v) is 12.5. The van der Waals surface area contributed by atoms with Gasteiger partial charge in [-0.3, -0.25) is 14.7 Å². The number of nitrogens with one attached hydrogen (secondary N) is 1. The Morgan fingerprint density at radius 2 is 2.19 bits per heavy atom. The minimum atomic E-state index is 0.0874. The molecule has 0 spiro atoms. The van der Waals surface area contributed by atoms with Crippen LogP contribution in [0.1, 0.15) is 31.2 Å². The van der Waals surface area contributed by atoms with Gasteiger partial charge in [-0.25, -0.2) is 0 Å². The maximum absolute atomic E-state index is 11.8. The van der Waals surface area contributed by atoms with Crippen molar-refractivity contribution < 1.29 is 9.90 Å². The molecule has 2 heterocycles. The minimum Gasteiger partial charge on any atom is -0.395 e. The summed E-state index contributed by atoms with van der Waals surface area (Å²) in [6.45, 7) is 2.73. The van der Waals surface area contributed by atoms with Crippen LogP contribution in [0, 0.1) is 0 Å². The summed E-state index contributed by atoms with van der Waals surface area (Å²) in [4.78, 5) is 18.1. The molecule has 0 aromatic carbocycles. The highest BCUT2D eigenvalue weighted by atomic mass is 16.3. The molecule has 1 aromatic heterocycles. The van der Waals surface area contributed by atoms with Crippen LogP contribution in [0.4, 0.5) is 0 Å². The smallest absolute Gasteiger partial charge is 0.220 e. The third-order valence-corrected chi connectivity index (χ3v) is 4.07. The Morgan fingerprint density at radius 3 is 2.95 bits per heavy atom. The van der Waals surface area contributed by atoms with Gasteiger partial charge >= 0.3 is 0 Å². The number of hydrogen-bond acceptors (Lipinski definition) is 4. The van der Waals surface area contributed by atoms with Gasteiger partial charge in [0.05, 0.1) is 6.61 Å². The highest BCUT2D eigenvalue weighted by Crippen LogP contribution is 2.15. The van der Waals surface area contributed by atoms with Crippen molar-refractivity contribution in [3.63, 3.8) is 0 Å². The van der Waals surface area contributed by atoms with Crippen molar-refractivity contribution in [2.45, 2.75) is 38.1 Å². The molecule has 0 saturated carbocycles. The van der Waals surface area contributed by atoms with Gasteiger partial charge < -0.3 is 10.4 Å². The van der Waals surface area contributed by atoms with Crippen LogP contribution < -0.4 is 5.32 Å². The first-order valence-electron chi connectivity index (χ1n) is 7.80. The second kappa shape index (κ2) is 8.74. The molecule has 2 rings (SSSR count). The topological polar surface area (TPSA) is 65.5 Å². The van der Waals surface area contributed by atoms with Gasteiger partial charge in [0.25, 0.3) is 0 Å². The third-order valence-electron chi connectivity index (χ3n) is 4.07. The zero-order chi connectivity index (χ0) is 14.9. The van der Waals surface area contributed by atoms with Gasteiger partial charge in [-0.05, 0) is 43.5 Å². The van der Waals surface area contributed by atoms with Crippen LogP contribution in [0.2, 0.25) is 0 Å². The number of rotatable bonds is 7. The lowest BCUT2D eigenvalue weighted by atomic mass is 10.0. The van der Waals surface area contributed by atoms with Crippen molar-refractivity contribution in [2.75, 3.05) is 26.2 Å². The molecule has 0 bridgehead atoms. The van der Waals surface area contributed by atoms with Crippen molar-refractivity contribution in [3.8, 4) is 0 Å². The predicted molar refractivity (Wildman–Crippen MR) is 81.9 cm³/mol. The van der Waals surface area contributed by atoms with Gasteiger partial charge in [0.2, 0.25) is 5.91 Å². The Kier molecular flexibility index (Phi) is 6.63. The Hall–Kier alpha value is -1.46. The molecule has 1 aromatic rings. The van der Waals surface area contributed by atoms with Crippen LogP contribution in [0.3, 0.4) is 0 Å². The fourth-order valence-electron chi connectivity index (χ4n) is 2.80. The second-order valence-electron chi connectivity index (χ2n) is 5.57. The molecule has 1 fully saturated rings.